The van der Waals surface area contributed by atoms with Gasteiger partial charge in [-0.1, -0.05) is 57.0 Å². The lowest BCUT2D eigenvalue weighted by Gasteiger charge is -2.05. The van der Waals surface area contributed by atoms with Gasteiger partial charge in [0.2, 0.25) is 0 Å². The van der Waals surface area contributed by atoms with Gasteiger partial charge in [-0.2, -0.15) is 0 Å². The van der Waals surface area contributed by atoms with Crippen molar-refractivity contribution in [3.8, 4) is 0 Å². The maximum absolute atomic E-state index is 3.84. The first-order chi connectivity index (χ1) is 7.27. The molecule has 0 aliphatic rings. The van der Waals surface area contributed by atoms with Gasteiger partial charge < -0.3 is 0 Å². The van der Waals surface area contributed by atoms with Gasteiger partial charge in [0.1, 0.15) is 0 Å². The number of benzene rings is 1. The largest absolute Gasteiger partial charge is 0.0985 e. The first-order valence-electron chi connectivity index (χ1n) is 6.00. The van der Waals surface area contributed by atoms with E-state index in [0.717, 1.165) is 0 Å². The molecule has 0 bridgehead atoms. The zero-order valence-electron chi connectivity index (χ0n) is 10.1. The Bertz CT molecular complexity index is 310. The van der Waals surface area contributed by atoms with E-state index in [1.54, 1.807) is 0 Å². The minimum atomic E-state index is 1.21. The van der Waals surface area contributed by atoms with E-state index < -0.39 is 0 Å². The third-order valence-electron chi connectivity index (χ3n) is 2.88. The van der Waals surface area contributed by atoms with Crippen LogP contribution in [0.5, 0.6) is 0 Å². The molecule has 0 aliphatic heterocycles. The van der Waals surface area contributed by atoms with Gasteiger partial charge in [0.05, 0.1) is 0 Å². The van der Waals surface area contributed by atoms with Gasteiger partial charge in [-0.15, -0.1) is 0 Å². The van der Waals surface area contributed by atoms with E-state index >= 15 is 0 Å². The van der Waals surface area contributed by atoms with Crippen molar-refractivity contribution >= 4 is 6.08 Å². The van der Waals surface area contributed by atoms with Gasteiger partial charge in [-0.05, 0) is 36.5 Å². The second-order valence-corrected chi connectivity index (χ2v) is 4.21. The summed E-state index contributed by atoms with van der Waals surface area (Å²) in [6, 6.07) is 6.72. The third kappa shape index (κ3) is 3.91. The van der Waals surface area contributed by atoms with Crippen LogP contribution in [0.15, 0.2) is 24.8 Å². The Balaban J connectivity index is 2.51. The lowest BCUT2D eigenvalue weighted by atomic mass is 10.0. The molecular weight excluding hydrogens is 180 g/mol. The highest BCUT2D eigenvalue weighted by atomic mass is 14.0. The summed E-state index contributed by atoms with van der Waals surface area (Å²) < 4.78 is 0. The van der Waals surface area contributed by atoms with Crippen molar-refractivity contribution in [3.63, 3.8) is 0 Å². The zero-order chi connectivity index (χ0) is 11.1. The molecule has 0 amide bonds. The number of aryl methyl sites for hydroxylation is 2. The molecule has 0 fully saturated rings. The summed E-state index contributed by atoms with van der Waals surface area (Å²) >= 11 is 0. The van der Waals surface area contributed by atoms with Crippen LogP contribution >= 0.6 is 0 Å². The predicted molar refractivity (Wildman–Crippen MR) is 69.1 cm³/mol. The molecule has 15 heavy (non-hydrogen) atoms. The van der Waals surface area contributed by atoms with Crippen LogP contribution in [0.1, 0.15) is 49.3 Å². The first kappa shape index (κ1) is 12.0. The topological polar surface area (TPSA) is 0 Å². The molecule has 0 heteroatoms. The van der Waals surface area contributed by atoms with Gasteiger partial charge in [0, 0.05) is 0 Å². The first-order valence-corrected chi connectivity index (χ1v) is 6.00. The zero-order valence-corrected chi connectivity index (χ0v) is 10.1. The summed E-state index contributed by atoms with van der Waals surface area (Å²) in [6.07, 6.45) is 8.50. The molecule has 1 aromatic rings. The molecule has 0 aromatic heterocycles. The Labute approximate surface area is 94.0 Å². The van der Waals surface area contributed by atoms with Gasteiger partial charge in [0.15, 0.2) is 0 Å². The van der Waals surface area contributed by atoms with Crippen molar-refractivity contribution in [1.82, 2.24) is 0 Å². The fraction of sp³-hybridized carbons (Fsp3) is 0.467. The Morgan fingerprint density at radius 1 is 1.20 bits per heavy atom. The minimum absolute atomic E-state index is 1.21. The van der Waals surface area contributed by atoms with E-state index in [9.17, 15) is 0 Å². The second kappa shape index (κ2) is 6.44. The van der Waals surface area contributed by atoms with E-state index in [1.165, 1.54) is 48.8 Å². The highest BCUT2D eigenvalue weighted by Gasteiger charge is 1.97. The van der Waals surface area contributed by atoms with Crippen LogP contribution in [0.3, 0.4) is 0 Å². The van der Waals surface area contributed by atoms with Crippen LogP contribution in [0.2, 0.25) is 0 Å². The molecule has 1 aromatic carbocycles. The molecular formula is C15H22. The van der Waals surface area contributed by atoms with Gasteiger partial charge in [-0.3, -0.25) is 0 Å². The molecule has 0 N–H and O–H groups in total. The Morgan fingerprint density at radius 3 is 2.67 bits per heavy atom. The van der Waals surface area contributed by atoms with Crippen LogP contribution in [-0.2, 0) is 6.42 Å². The van der Waals surface area contributed by atoms with E-state index in [1.807, 2.05) is 6.08 Å². The maximum Gasteiger partial charge on any atom is -0.0230 e. The van der Waals surface area contributed by atoms with E-state index in [0.29, 0.717) is 0 Å². The molecule has 82 valence electrons. The summed E-state index contributed by atoms with van der Waals surface area (Å²) in [6.45, 7) is 8.23. The molecule has 0 radical (unpaired) electrons. The highest BCUT2D eigenvalue weighted by molar-refractivity contribution is 5.52. The van der Waals surface area contributed by atoms with Crippen LogP contribution in [-0.4, -0.2) is 0 Å². The van der Waals surface area contributed by atoms with Gasteiger partial charge in [-0.25, -0.2) is 0 Å². The standard InChI is InChI=1S/C15H22/c1-4-6-7-8-9-14-11-10-13(3)15(5-2)12-14/h5,10-12H,2,4,6-9H2,1,3H3. The van der Waals surface area contributed by atoms with E-state index in [2.05, 4.69) is 38.6 Å². The third-order valence-corrected chi connectivity index (χ3v) is 2.88. The molecule has 0 saturated carbocycles. The smallest absolute Gasteiger partial charge is 0.0230 e. The number of hydrogen-bond donors (Lipinski definition) is 0. The predicted octanol–water partition coefficient (Wildman–Crippen LogP) is 4.76. The number of hydrogen-bond acceptors (Lipinski definition) is 0. The minimum Gasteiger partial charge on any atom is -0.0985 e. The SMILES string of the molecule is C=Cc1cc(CCCCCC)ccc1C. The average molecular weight is 202 g/mol. The maximum atomic E-state index is 3.84. The van der Waals surface area contributed by atoms with Crippen LogP contribution < -0.4 is 0 Å². The summed E-state index contributed by atoms with van der Waals surface area (Å²) in [5, 5.41) is 0. The fourth-order valence-electron chi connectivity index (χ4n) is 1.82. The van der Waals surface area contributed by atoms with Crippen molar-refractivity contribution in [2.45, 2.75) is 46.0 Å². The Kier molecular flexibility index (Phi) is 5.17. The van der Waals surface area contributed by atoms with Gasteiger partial charge >= 0.3 is 0 Å². The summed E-state index contributed by atoms with van der Waals surface area (Å²) in [4.78, 5) is 0. The van der Waals surface area contributed by atoms with Crippen molar-refractivity contribution < 1.29 is 0 Å². The second-order valence-electron chi connectivity index (χ2n) is 4.21. The molecule has 0 spiro atoms. The Hall–Kier alpha value is -1.04. The summed E-state index contributed by atoms with van der Waals surface area (Å²) in [5.74, 6) is 0. The van der Waals surface area contributed by atoms with Crippen molar-refractivity contribution in [2.75, 3.05) is 0 Å². The van der Waals surface area contributed by atoms with Crippen molar-refractivity contribution in [2.24, 2.45) is 0 Å². The van der Waals surface area contributed by atoms with Crippen LogP contribution in [0.25, 0.3) is 6.08 Å². The summed E-state index contributed by atoms with van der Waals surface area (Å²) in [5.41, 5.74) is 4.05. The average Bonchev–Trinajstić information content (AvgIpc) is 2.26. The molecule has 0 atom stereocenters. The number of rotatable bonds is 6. The molecule has 0 aliphatic carbocycles. The van der Waals surface area contributed by atoms with Crippen molar-refractivity contribution in [3.05, 3.63) is 41.5 Å². The van der Waals surface area contributed by atoms with E-state index in [4.69, 9.17) is 0 Å². The number of unbranched alkanes of at least 4 members (excludes halogenated alkanes) is 3. The van der Waals surface area contributed by atoms with Gasteiger partial charge in [0.25, 0.3) is 0 Å². The molecule has 0 nitrogen and oxygen atoms in total. The lowest BCUT2D eigenvalue weighted by molar-refractivity contribution is 0.667. The molecule has 0 heterocycles. The lowest BCUT2D eigenvalue weighted by Crippen LogP contribution is -1.89. The van der Waals surface area contributed by atoms with Crippen LogP contribution in [0.4, 0.5) is 0 Å². The molecule has 1 rings (SSSR count). The fourth-order valence-corrected chi connectivity index (χ4v) is 1.82. The summed E-state index contributed by atoms with van der Waals surface area (Å²) in [7, 11) is 0. The normalized spacial score (nSPS) is 10.3. The van der Waals surface area contributed by atoms with E-state index in [-0.39, 0.29) is 0 Å². The quantitative estimate of drug-likeness (QED) is 0.583. The van der Waals surface area contributed by atoms with Crippen molar-refractivity contribution in [1.29, 1.82) is 0 Å². The monoisotopic (exact) mass is 202 g/mol. The highest BCUT2D eigenvalue weighted by Crippen LogP contribution is 2.14. The van der Waals surface area contributed by atoms with Crippen LogP contribution in [0, 0.1) is 6.92 Å². The molecule has 0 saturated heterocycles. The molecule has 0 unspecified atom stereocenters. The Morgan fingerprint density at radius 2 is 2.00 bits per heavy atom.